The monoisotopic (exact) mass is 452 g/mol. The quantitative estimate of drug-likeness (QED) is 0.391. The van der Waals surface area contributed by atoms with Gasteiger partial charge in [-0.1, -0.05) is 56.8 Å². The van der Waals surface area contributed by atoms with Crippen LogP contribution < -0.4 is 10.1 Å². The topological polar surface area (TPSA) is 69.0 Å². The number of thioether (sulfide) groups is 1. The summed E-state index contributed by atoms with van der Waals surface area (Å²) in [6, 6.07) is 16.1. The summed E-state index contributed by atoms with van der Waals surface area (Å²) in [7, 11) is 0. The van der Waals surface area contributed by atoms with E-state index in [1.54, 1.807) is 0 Å². The van der Waals surface area contributed by atoms with Gasteiger partial charge in [-0.2, -0.15) is 0 Å². The zero-order valence-corrected chi connectivity index (χ0v) is 20.3. The Morgan fingerprint density at radius 3 is 2.31 bits per heavy atom. The molecule has 0 fully saturated rings. The van der Waals surface area contributed by atoms with E-state index in [9.17, 15) is 4.79 Å². The Labute approximate surface area is 194 Å². The summed E-state index contributed by atoms with van der Waals surface area (Å²) in [6.45, 7) is 11.1. The molecule has 1 amide bonds. The maximum Gasteiger partial charge on any atom is 0.234 e. The van der Waals surface area contributed by atoms with Gasteiger partial charge in [-0.15, -0.1) is 10.2 Å². The van der Waals surface area contributed by atoms with Crippen LogP contribution in [-0.2, 0) is 17.8 Å². The number of hydrogen-bond donors (Lipinski definition) is 1. The largest absolute Gasteiger partial charge is 0.483 e. The van der Waals surface area contributed by atoms with Crippen LogP contribution in [-0.4, -0.2) is 26.4 Å². The minimum atomic E-state index is -0.252. The molecular weight excluding hydrogens is 420 g/mol. The fourth-order valence-electron chi connectivity index (χ4n) is 3.34. The van der Waals surface area contributed by atoms with Gasteiger partial charge < -0.3 is 14.6 Å². The number of hydrogen-bond acceptors (Lipinski definition) is 5. The Morgan fingerprint density at radius 2 is 1.72 bits per heavy atom. The zero-order chi connectivity index (χ0) is 23.1. The molecule has 0 aliphatic carbocycles. The molecule has 0 saturated heterocycles. The first-order valence-electron chi connectivity index (χ1n) is 11.1. The van der Waals surface area contributed by atoms with Crippen LogP contribution in [0.4, 0.5) is 5.69 Å². The van der Waals surface area contributed by atoms with E-state index in [0.29, 0.717) is 17.6 Å². The normalized spacial score (nSPS) is 12.1. The molecule has 3 rings (SSSR count). The molecule has 0 unspecified atom stereocenters. The van der Waals surface area contributed by atoms with Crippen molar-refractivity contribution in [3.8, 4) is 5.75 Å². The van der Waals surface area contributed by atoms with Gasteiger partial charge in [0.1, 0.15) is 5.75 Å². The van der Waals surface area contributed by atoms with E-state index in [1.807, 2.05) is 54.8 Å². The zero-order valence-electron chi connectivity index (χ0n) is 19.5. The Bertz CT molecular complexity index is 1010. The molecular formula is C25H32N4O2S. The number of amides is 1. The van der Waals surface area contributed by atoms with Crippen LogP contribution in [0, 0.1) is 0 Å². The highest BCUT2D eigenvalue weighted by atomic mass is 32.2. The molecule has 1 aromatic heterocycles. The van der Waals surface area contributed by atoms with E-state index in [-0.39, 0.29) is 17.8 Å². The molecule has 6 nitrogen and oxygen atoms in total. The molecule has 0 saturated carbocycles. The lowest BCUT2D eigenvalue weighted by atomic mass is 10.0. The number of carbonyl (C=O) groups is 1. The average Bonchev–Trinajstić information content (AvgIpc) is 3.21. The summed E-state index contributed by atoms with van der Waals surface area (Å²) in [5.74, 6) is 2.21. The Morgan fingerprint density at radius 1 is 1.03 bits per heavy atom. The van der Waals surface area contributed by atoms with Crippen LogP contribution in [0.25, 0.3) is 0 Å². The number of rotatable bonds is 10. The molecule has 0 spiro atoms. The minimum absolute atomic E-state index is 0.0696. The van der Waals surface area contributed by atoms with Crippen molar-refractivity contribution in [1.82, 2.24) is 14.8 Å². The number of ether oxygens (including phenoxy) is 1. The Hall–Kier alpha value is -2.80. The second-order valence-electron chi connectivity index (χ2n) is 7.96. The molecule has 0 aliphatic rings. The number of nitrogens with one attached hydrogen (secondary N) is 1. The van der Waals surface area contributed by atoms with E-state index < -0.39 is 0 Å². The van der Waals surface area contributed by atoms with Crippen molar-refractivity contribution in [2.75, 3.05) is 11.1 Å². The van der Waals surface area contributed by atoms with Gasteiger partial charge in [-0.3, -0.25) is 4.79 Å². The molecule has 7 heteroatoms. The predicted octanol–water partition coefficient (Wildman–Crippen LogP) is 5.85. The number of anilines is 1. The third-order valence-electron chi connectivity index (χ3n) is 5.26. The molecule has 1 N–H and O–H groups in total. The SMILES string of the molecule is CCc1ccc(O[C@@H](C)c2nnc(SCC(=O)Nc3ccc(C(C)C)cc3)n2CC)cc1. The number of nitrogens with zero attached hydrogens (tertiary/aromatic N) is 3. The second-order valence-corrected chi connectivity index (χ2v) is 8.90. The first-order valence-corrected chi connectivity index (χ1v) is 12.1. The average molecular weight is 453 g/mol. The van der Waals surface area contributed by atoms with E-state index >= 15 is 0 Å². The third kappa shape index (κ3) is 6.13. The van der Waals surface area contributed by atoms with Gasteiger partial charge in [0, 0.05) is 12.2 Å². The lowest BCUT2D eigenvalue weighted by Crippen LogP contribution is -2.15. The van der Waals surface area contributed by atoms with Crippen LogP contribution in [0.1, 0.15) is 63.6 Å². The number of aryl methyl sites for hydroxylation is 1. The van der Waals surface area contributed by atoms with E-state index in [4.69, 9.17) is 4.74 Å². The first kappa shape index (κ1) is 23.9. The number of benzene rings is 2. The smallest absolute Gasteiger partial charge is 0.234 e. The second kappa shape index (κ2) is 11.2. The predicted molar refractivity (Wildman–Crippen MR) is 130 cm³/mol. The van der Waals surface area contributed by atoms with Crippen LogP contribution >= 0.6 is 11.8 Å². The van der Waals surface area contributed by atoms with Gasteiger partial charge >= 0.3 is 0 Å². The van der Waals surface area contributed by atoms with Gasteiger partial charge in [0.25, 0.3) is 0 Å². The molecule has 1 atom stereocenters. The summed E-state index contributed by atoms with van der Waals surface area (Å²) in [5.41, 5.74) is 3.32. The summed E-state index contributed by atoms with van der Waals surface area (Å²) in [6.07, 6.45) is 0.745. The van der Waals surface area contributed by atoms with Crippen LogP contribution in [0.3, 0.4) is 0 Å². The van der Waals surface area contributed by atoms with Gasteiger partial charge in [0.15, 0.2) is 17.1 Å². The maximum absolute atomic E-state index is 12.4. The van der Waals surface area contributed by atoms with E-state index in [2.05, 4.69) is 48.4 Å². The number of carbonyl (C=O) groups excluding carboxylic acids is 1. The molecule has 0 radical (unpaired) electrons. The third-order valence-corrected chi connectivity index (χ3v) is 6.23. The fraction of sp³-hybridized carbons (Fsp3) is 0.400. The summed E-state index contributed by atoms with van der Waals surface area (Å²) in [5, 5.41) is 12.3. The molecule has 1 heterocycles. The van der Waals surface area contributed by atoms with Crippen molar-refractivity contribution < 1.29 is 9.53 Å². The van der Waals surface area contributed by atoms with E-state index in [0.717, 1.165) is 23.7 Å². The van der Waals surface area contributed by atoms with Gasteiger partial charge in [-0.05, 0) is 61.6 Å². The van der Waals surface area contributed by atoms with Gasteiger partial charge in [0.05, 0.1) is 5.75 Å². The Kier molecular flexibility index (Phi) is 8.33. The minimum Gasteiger partial charge on any atom is -0.483 e. The lowest BCUT2D eigenvalue weighted by Gasteiger charge is -2.16. The van der Waals surface area contributed by atoms with Crippen molar-refractivity contribution >= 4 is 23.4 Å². The highest BCUT2D eigenvalue weighted by molar-refractivity contribution is 7.99. The maximum atomic E-state index is 12.4. The van der Waals surface area contributed by atoms with Crippen molar-refractivity contribution in [1.29, 1.82) is 0 Å². The van der Waals surface area contributed by atoms with Crippen molar-refractivity contribution in [2.24, 2.45) is 0 Å². The first-order chi connectivity index (χ1) is 15.4. The summed E-state index contributed by atoms with van der Waals surface area (Å²) >= 11 is 1.38. The van der Waals surface area contributed by atoms with Crippen molar-refractivity contribution in [3.05, 3.63) is 65.5 Å². The molecule has 32 heavy (non-hydrogen) atoms. The summed E-state index contributed by atoms with van der Waals surface area (Å²) in [4.78, 5) is 12.4. The number of aromatic nitrogens is 3. The standard InChI is InChI=1S/C25H32N4O2S/c1-6-19-8-14-22(15-9-19)31-18(5)24-27-28-25(29(24)7-2)32-16-23(30)26-21-12-10-20(11-13-21)17(3)4/h8-15,17-18H,6-7,16H2,1-5H3,(H,26,30)/t18-/m0/s1. The lowest BCUT2D eigenvalue weighted by molar-refractivity contribution is -0.113. The van der Waals surface area contributed by atoms with Crippen LogP contribution in [0.15, 0.2) is 53.7 Å². The molecule has 0 aliphatic heterocycles. The molecule has 170 valence electrons. The van der Waals surface area contributed by atoms with Crippen LogP contribution in [0.2, 0.25) is 0 Å². The van der Waals surface area contributed by atoms with E-state index in [1.165, 1.54) is 22.9 Å². The molecule has 2 aromatic carbocycles. The molecule has 0 bridgehead atoms. The molecule has 3 aromatic rings. The highest BCUT2D eigenvalue weighted by Gasteiger charge is 2.19. The van der Waals surface area contributed by atoms with Gasteiger partial charge in [-0.25, -0.2) is 0 Å². The van der Waals surface area contributed by atoms with Crippen molar-refractivity contribution in [3.63, 3.8) is 0 Å². The highest BCUT2D eigenvalue weighted by Crippen LogP contribution is 2.25. The Balaban J connectivity index is 1.59. The van der Waals surface area contributed by atoms with Crippen LogP contribution in [0.5, 0.6) is 5.75 Å². The van der Waals surface area contributed by atoms with Gasteiger partial charge in [0.2, 0.25) is 5.91 Å². The fourth-order valence-corrected chi connectivity index (χ4v) is 4.15. The van der Waals surface area contributed by atoms with Crippen molar-refractivity contribution in [2.45, 2.75) is 64.8 Å². The summed E-state index contributed by atoms with van der Waals surface area (Å²) < 4.78 is 8.08.